The summed E-state index contributed by atoms with van der Waals surface area (Å²) in [6.07, 6.45) is 1.65. The normalized spacial score (nSPS) is 14.8. The molecule has 1 aliphatic heterocycles. The van der Waals surface area contributed by atoms with E-state index >= 15 is 0 Å². The van der Waals surface area contributed by atoms with Crippen molar-refractivity contribution in [3.05, 3.63) is 131 Å². The van der Waals surface area contributed by atoms with E-state index in [1.807, 2.05) is 47.8 Å². The number of fused-ring (bicyclic) bond motifs is 1. The smallest absolute Gasteiger partial charge is 0.338 e. The van der Waals surface area contributed by atoms with Crippen LogP contribution in [0, 0.1) is 0 Å². The maximum Gasteiger partial charge on any atom is 0.338 e. The minimum Gasteiger partial charge on any atom is -0.465 e. The lowest BCUT2D eigenvalue weighted by molar-refractivity contribution is -0.138. The number of hydrogen-bond donors (Lipinski definition) is 0. The molecule has 2 aromatic carbocycles. The topological polar surface area (TPSA) is 100 Å². The number of hydrogen-bond acceptors (Lipinski definition) is 9. The Morgan fingerprint density at radius 1 is 1.00 bits per heavy atom. The van der Waals surface area contributed by atoms with Gasteiger partial charge in [-0.3, -0.25) is 9.36 Å². The number of rotatable bonds is 7. The van der Waals surface area contributed by atoms with E-state index in [0.717, 1.165) is 10.4 Å². The number of ether oxygens (including phenoxy) is 2. The summed E-state index contributed by atoms with van der Waals surface area (Å²) in [5, 5.41) is 1.91. The molecule has 42 heavy (non-hydrogen) atoms. The summed E-state index contributed by atoms with van der Waals surface area (Å²) < 4.78 is 18.4. The number of esters is 2. The van der Waals surface area contributed by atoms with Crippen LogP contribution in [-0.4, -0.2) is 30.2 Å². The fraction of sp³-hybridized carbons (Fsp3) is 0.125. The van der Waals surface area contributed by atoms with Crippen LogP contribution in [0.3, 0.4) is 0 Å². The molecule has 8 nitrogen and oxygen atoms in total. The SMILES string of the molecule is CCOC(=O)C1=C(c2ccccc2)N=c2s/c(=C\c3ccc(-c4ccccc4C(=O)OC)o3)c(=O)n2[C@@H]1c1cccs1. The van der Waals surface area contributed by atoms with Crippen molar-refractivity contribution in [1.29, 1.82) is 0 Å². The van der Waals surface area contributed by atoms with Gasteiger partial charge in [0.05, 0.1) is 35.1 Å². The number of carbonyl (C=O) groups excluding carboxylic acids is 2. The Labute approximate surface area is 248 Å². The maximum absolute atomic E-state index is 14.0. The zero-order valence-electron chi connectivity index (χ0n) is 22.6. The molecule has 3 aromatic heterocycles. The summed E-state index contributed by atoms with van der Waals surface area (Å²) in [5.41, 5.74) is 2.17. The molecule has 0 unspecified atom stereocenters. The number of methoxy groups -OCH3 is 1. The van der Waals surface area contributed by atoms with Crippen molar-refractivity contribution >= 4 is 46.4 Å². The molecule has 0 amide bonds. The Kier molecular flexibility index (Phi) is 7.56. The van der Waals surface area contributed by atoms with E-state index < -0.39 is 18.0 Å². The minimum absolute atomic E-state index is 0.186. The summed E-state index contributed by atoms with van der Waals surface area (Å²) in [6.45, 7) is 1.93. The first kappa shape index (κ1) is 27.4. The number of thiophene rings is 1. The molecule has 0 saturated carbocycles. The highest BCUT2D eigenvalue weighted by atomic mass is 32.1. The second-order valence-corrected chi connectivity index (χ2v) is 11.2. The number of carbonyl (C=O) groups is 2. The number of benzene rings is 2. The van der Waals surface area contributed by atoms with Crippen molar-refractivity contribution in [2.75, 3.05) is 13.7 Å². The summed E-state index contributed by atoms with van der Waals surface area (Å²) in [4.78, 5) is 45.8. The van der Waals surface area contributed by atoms with E-state index in [9.17, 15) is 14.4 Å². The van der Waals surface area contributed by atoms with E-state index in [1.54, 1.807) is 54.0 Å². The van der Waals surface area contributed by atoms with E-state index in [1.165, 1.54) is 29.8 Å². The zero-order chi connectivity index (χ0) is 29.2. The Balaban J connectivity index is 1.52. The van der Waals surface area contributed by atoms with Crippen molar-refractivity contribution < 1.29 is 23.5 Å². The Morgan fingerprint density at radius 3 is 2.52 bits per heavy atom. The van der Waals surface area contributed by atoms with Crippen molar-refractivity contribution in [2.24, 2.45) is 4.99 Å². The van der Waals surface area contributed by atoms with Crippen LogP contribution in [0.4, 0.5) is 0 Å². The first-order chi connectivity index (χ1) is 20.5. The highest BCUT2D eigenvalue weighted by Crippen LogP contribution is 2.37. The molecule has 0 saturated heterocycles. The van der Waals surface area contributed by atoms with Crippen LogP contribution in [0.25, 0.3) is 23.1 Å². The van der Waals surface area contributed by atoms with Gasteiger partial charge in [0.1, 0.15) is 17.6 Å². The molecular formula is C32H24N2O6S2. The summed E-state index contributed by atoms with van der Waals surface area (Å²) in [5.74, 6) is -0.109. The molecule has 0 radical (unpaired) electrons. The van der Waals surface area contributed by atoms with E-state index in [4.69, 9.17) is 18.9 Å². The first-order valence-corrected chi connectivity index (χ1v) is 14.8. The number of thiazole rings is 1. The number of furan rings is 1. The van der Waals surface area contributed by atoms with Gasteiger partial charge in [0.15, 0.2) is 4.80 Å². The van der Waals surface area contributed by atoms with Crippen LogP contribution < -0.4 is 14.9 Å². The third-order valence-electron chi connectivity index (χ3n) is 6.68. The quantitative estimate of drug-likeness (QED) is 0.244. The van der Waals surface area contributed by atoms with Gasteiger partial charge in [-0.25, -0.2) is 14.6 Å². The van der Waals surface area contributed by atoms with Gasteiger partial charge < -0.3 is 13.9 Å². The van der Waals surface area contributed by atoms with Gasteiger partial charge in [0, 0.05) is 22.1 Å². The van der Waals surface area contributed by atoms with Crippen LogP contribution in [0.2, 0.25) is 0 Å². The largest absolute Gasteiger partial charge is 0.465 e. The lowest BCUT2D eigenvalue weighted by Crippen LogP contribution is -2.39. The van der Waals surface area contributed by atoms with Crippen molar-refractivity contribution in [3.8, 4) is 11.3 Å². The van der Waals surface area contributed by atoms with Gasteiger partial charge >= 0.3 is 11.9 Å². The lowest BCUT2D eigenvalue weighted by Gasteiger charge is -2.24. The van der Waals surface area contributed by atoms with Gasteiger partial charge in [-0.05, 0) is 36.6 Å². The Bertz CT molecular complexity index is 2000. The van der Waals surface area contributed by atoms with E-state index in [2.05, 4.69) is 0 Å². The van der Waals surface area contributed by atoms with Crippen molar-refractivity contribution in [1.82, 2.24) is 4.57 Å². The van der Waals surface area contributed by atoms with Gasteiger partial charge in [-0.15, -0.1) is 11.3 Å². The molecule has 0 N–H and O–H groups in total. The van der Waals surface area contributed by atoms with Crippen LogP contribution in [0.15, 0.2) is 104 Å². The summed E-state index contributed by atoms with van der Waals surface area (Å²) in [7, 11) is 1.33. The first-order valence-electron chi connectivity index (χ1n) is 13.1. The lowest BCUT2D eigenvalue weighted by atomic mass is 9.97. The third kappa shape index (κ3) is 4.95. The summed E-state index contributed by atoms with van der Waals surface area (Å²) >= 11 is 2.67. The zero-order valence-corrected chi connectivity index (χ0v) is 24.2. The summed E-state index contributed by atoms with van der Waals surface area (Å²) in [6, 6.07) is 23.0. The molecule has 210 valence electrons. The fourth-order valence-corrected chi connectivity index (χ4v) is 6.65. The predicted octanol–water partition coefficient (Wildman–Crippen LogP) is 5.04. The van der Waals surface area contributed by atoms with Crippen LogP contribution >= 0.6 is 22.7 Å². The molecular weight excluding hydrogens is 572 g/mol. The molecule has 4 heterocycles. The van der Waals surface area contributed by atoms with Gasteiger partial charge in [-0.2, -0.15) is 0 Å². The van der Waals surface area contributed by atoms with Crippen molar-refractivity contribution in [3.63, 3.8) is 0 Å². The molecule has 10 heteroatoms. The fourth-order valence-electron chi connectivity index (χ4n) is 4.85. The van der Waals surface area contributed by atoms with Gasteiger partial charge in [0.2, 0.25) is 0 Å². The highest BCUT2D eigenvalue weighted by molar-refractivity contribution is 7.10. The average molecular weight is 597 g/mol. The van der Waals surface area contributed by atoms with E-state index in [-0.39, 0.29) is 12.2 Å². The highest BCUT2D eigenvalue weighted by Gasteiger charge is 2.35. The maximum atomic E-state index is 14.0. The molecule has 0 spiro atoms. The second-order valence-electron chi connectivity index (χ2n) is 9.19. The molecule has 0 bridgehead atoms. The third-order valence-corrected chi connectivity index (χ3v) is 8.59. The molecule has 0 aliphatic carbocycles. The van der Waals surface area contributed by atoms with Crippen molar-refractivity contribution in [2.45, 2.75) is 13.0 Å². The molecule has 0 fully saturated rings. The monoisotopic (exact) mass is 596 g/mol. The second kappa shape index (κ2) is 11.6. The van der Waals surface area contributed by atoms with Gasteiger partial charge in [-0.1, -0.05) is 65.9 Å². The van der Waals surface area contributed by atoms with Crippen LogP contribution in [0.5, 0.6) is 0 Å². The number of aromatic nitrogens is 1. The van der Waals surface area contributed by atoms with E-state index in [0.29, 0.717) is 43.3 Å². The minimum atomic E-state index is -0.711. The standard InChI is InChI=1S/C32H24N2O6S2/c1-3-39-31(37)26-27(19-10-5-4-6-11-19)33-32-34(28(26)24-14-9-17-41-24)29(35)25(42-32)18-20-15-16-23(40-20)21-12-7-8-13-22(21)30(36)38-2/h4-18,28H,3H2,1-2H3/b25-18-/t28-/m1/s1. The molecule has 1 atom stereocenters. The van der Waals surface area contributed by atoms with Crippen LogP contribution in [0.1, 0.15) is 39.5 Å². The number of nitrogens with zero attached hydrogens (tertiary/aromatic N) is 2. The molecule has 6 rings (SSSR count). The Morgan fingerprint density at radius 2 is 1.79 bits per heavy atom. The molecule has 1 aliphatic rings. The molecule has 5 aromatic rings. The predicted molar refractivity (Wildman–Crippen MR) is 161 cm³/mol. The Hall–Kier alpha value is -4.80. The van der Waals surface area contributed by atoms with Gasteiger partial charge in [0.25, 0.3) is 5.56 Å². The van der Waals surface area contributed by atoms with Crippen LogP contribution in [-0.2, 0) is 14.3 Å². The average Bonchev–Trinajstić information content (AvgIpc) is 3.78.